The number of amides is 1. The van der Waals surface area contributed by atoms with E-state index < -0.39 is 0 Å². The molecule has 0 unspecified atom stereocenters. The average Bonchev–Trinajstić information content (AvgIpc) is 3.03. The molecule has 1 aromatic heterocycles. The van der Waals surface area contributed by atoms with Gasteiger partial charge in [0.15, 0.2) is 0 Å². The summed E-state index contributed by atoms with van der Waals surface area (Å²) in [6, 6.07) is 8.73. The molecule has 0 aliphatic carbocycles. The average molecular weight is 353 g/mol. The van der Waals surface area contributed by atoms with Crippen molar-refractivity contribution < 1.29 is 9.53 Å². The fraction of sp³-hybridized carbons (Fsp3) is 0.524. The maximum Gasteiger partial charge on any atom is 0.254 e. The quantitative estimate of drug-likeness (QED) is 0.833. The van der Waals surface area contributed by atoms with Gasteiger partial charge in [-0.15, -0.1) is 0 Å². The molecule has 1 aromatic carbocycles. The SMILES string of the molecule is Cc1ccc2nc(C)cc(C(=O)N3CC[C@@H](N4CCOCC4)[C@H]3C)c2c1. The van der Waals surface area contributed by atoms with Gasteiger partial charge >= 0.3 is 0 Å². The summed E-state index contributed by atoms with van der Waals surface area (Å²) in [5.74, 6) is 0.134. The first kappa shape index (κ1) is 17.4. The second-order valence-electron chi connectivity index (χ2n) is 7.58. The minimum absolute atomic E-state index is 0.134. The summed E-state index contributed by atoms with van der Waals surface area (Å²) in [6.45, 7) is 10.5. The van der Waals surface area contributed by atoms with E-state index in [1.165, 1.54) is 0 Å². The summed E-state index contributed by atoms with van der Waals surface area (Å²) in [4.78, 5) is 22.6. The molecule has 26 heavy (non-hydrogen) atoms. The van der Waals surface area contributed by atoms with Crippen LogP contribution in [0.4, 0.5) is 0 Å². The van der Waals surface area contributed by atoms with Crippen LogP contribution >= 0.6 is 0 Å². The van der Waals surface area contributed by atoms with Crippen LogP contribution in [-0.2, 0) is 4.74 Å². The van der Waals surface area contributed by atoms with Crippen molar-refractivity contribution in [2.24, 2.45) is 0 Å². The van der Waals surface area contributed by atoms with Gasteiger partial charge in [0.05, 0.1) is 24.3 Å². The lowest BCUT2D eigenvalue weighted by Crippen LogP contribution is -2.49. The number of carbonyl (C=O) groups is 1. The van der Waals surface area contributed by atoms with Crippen molar-refractivity contribution in [3.05, 3.63) is 41.1 Å². The molecule has 2 aromatic rings. The number of aromatic nitrogens is 1. The van der Waals surface area contributed by atoms with Crippen LogP contribution in [0.2, 0.25) is 0 Å². The zero-order valence-electron chi connectivity index (χ0n) is 15.9. The lowest BCUT2D eigenvalue weighted by atomic mass is 10.0. The molecule has 2 atom stereocenters. The van der Waals surface area contributed by atoms with Gasteiger partial charge in [-0.25, -0.2) is 0 Å². The number of hydrogen-bond acceptors (Lipinski definition) is 4. The number of aryl methyl sites for hydroxylation is 2. The number of ether oxygens (including phenoxy) is 1. The van der Waals surface area contributed by atoms with Crippen molar-refractivity contribution in [3.8, 4) is 0 Å². The predicted octanol–water partition coefficient (Wildman–Crippen LogP) is 2.79. The first-order valence-corrected chi connectivity index (χ1v) is 9.55. The summed E-state index contributed by atoms with van der Waals surface area (Å²) in [6.07, 6.45) is 1.04. The third kappa shape index (κ3) is 3.10. The summed E-state index contributed by atoms with van der Waals surface area (Å²) < 4.78 is 5.48. The normalized spacial score (nSPS) is 24.3. The van der Waals surface area contributed by atoms with Crippen molar-refractivity contribution in [2.75, 3.05) is 32.8 Å². The van der Waals surface area contributed by atoms with Gasteiger partial charge in [0.2, 0.25) is 0 Å². The fourth-order valence-electron chi connectivity index (χ4n) is 4.41. The van der Waals surface area contributed by atoms with Crippen LogP contribution < -0.4 is 0 Å². The minimum atomic E-state index is 0.134. The molecule has 3 heterocycles. The topological polar surface area (TPSA) is 45.7 Å². The zero-order valence-corrected chi connectivity index (χ0v) is 15.9. The molecule has 5 nitrogen and oxygen atoms in total. The number of pyridine rings is 1. The predicted molar refractivity (Wildman–Crippen MR) is 103 cm³/mol. The molecular formula is C21H27N3O2. The standard InChI is InChI=1S/C21H27N3O2/c1-14-4-5-19-17(12-14)18(13-15(2)22-19)21(25)24-7-6-20(16(24)3)23-8-10-26-11-9-23/h4-5,12-13,16,20H,6-11H2,1-3H3/t16-,20-/m1/s1. The van der Waals surface area contributed by atoms with E-state index in [0.29, 0.717) is 6.04 Å². The van der Waals surface area contributed by atoms with Crippen LogP contribution in [0, 0.1) is 13.8 Å². The second kappa shape index (κ2) is 6.97. The van der Waals surface area contributed by atoms with Crippen LogP contribution in [0.1, 0.15) is 35.0 Å². The molecular weight excluding hydrogens is 326 g/mol. The second-order valence-corrected chi connectivity index (χ2v) is 7.58. The molecule has 138 valence electrons. The van der Waals surface area contributed by atoms with Gasteiger partial charge in [-0.3, -0.25) is 14.7 Å². The van der Waals surface area contributed by atoms with Gasteiger partial charge in [0, 0.05) is 42.8 Å². The molecule has 0 bridgehead atoms. The molecule has 0 spiro atoms. The Hall–Kier alpha value is -1.98. The Bertz CT molecular complexity index is 829. The molecule has 2 aliphatic rings. The summed E-state index contributed by atoms with van der Waals surface area (Å²) >= 11 is 0. The van der Waals surface area contributed by atoms with Crippen LogP contribution in [0.25, 0.3) is 10.9 Å². The highest BCUT2D eigenvalue weighted by Gasteiger charge is 2.38. The van der Waals surface area contributed by atoms with Gasteiger partial charge in [-0.2, -0.15) is 0 Å². The molecule has 2 fully saturated rings. The third-order valence-electron chi connectivity index (χ3n) is 5.81. The number of carbonyl (C=O) groups excluding carboxylic acids is 1. The number of likely N-dealkylation sites (tertiary alicyclic amines) is 1. The number of nitrogens with zero attached hydrogens (tertiary/aromatic N) is 3. The Morgan fingerprint density at radius 1 is 1.15 bits per heavy atom. The maximum atomic E-state index is 13.4. The molecule has 0 N–H and O–H groups in total. The van der Waals surface area contributed by atoms with E-state index in [1.807, 2.05) is 19.1 Å². The fourth-order valence-corrected chi connectivity index (χ4v) is 4.41. The van der Waals surface area contributed by atoms with E-state index in [1.54, 1.807) is 0 Å². The number of fused-ring (bicyclic) bond motifs is 1. The van der Waals surface area contributed by atoms with Gasteiger partial charge in [-0.05, 0) is 45.4 Å². The van der Waals surface area contributed by atoms with Crippen LogP contribution in [0.3, 0.4) is 0 Å². The highest BCUT2D eigenvalue weighted by atomic mass is 16.5. The first-order chi connectivity index (χ1) is 12.5. The van der Waals surface area contributed by atoms with E-state index >= 15 is 0 Å². The monoisotopic (exact) mass is 353 g/mol. The number of rotatable bonds is 2. The molecule has 4 rings (SSSR count). The number of benzene rings is 1. The summed E-state index contributed by atoms with van der Waals surface area (Å²) in [5, 5.41) is 0.961. The molecule has 2 saturated heterocycles. The van der Waals surface area contributed by atoms with Gasteiger partial charge in [0.1, 0.15) is 0 Å². The summed E-state index contributed by atoms with van der Waals surface area (Å²) in [5.41, 5.74) is 3.72. The summed E-state index contributed by atoms with van der Waals surface area (Å²) in [7, 11) is 0. The Balaban J connectivity index is 1.64. The lowest BCUT2D eigenvalue weighted by molar-refractivity contribution is 0.0104. The molecule has 1 amide bonds. The first-order valence-electron chi connectivity index (χ1n) is 9.55. The van der Waals surface area contributed by atoms with Crippen molar-refractivity contribution in [3.63, 3.8) is 0 Å². The Kier molecular flexibility index (Phi) is 4.67. The van der Waals surface area contributed by atoms with Crippen molar-refractivity contribution >= 4 is 16.8 Å². The van der Waals surface area contributed by atoms with Crippen molar-refractivity contribution in [1.29, 1.82) is 0 Å². The minimum Gasteiger partial charge on any atom is -0.379 e. The van der Waals surface area contributed by atoms with Crippen LogP contribution in [0.15, 0.2) is 24.3 Å². The Morgan fingerprint density at radius 3 is 2.69 bits per heavy atom. The van der Waals surface area contributed by atoms with E-state index in [9.17, 15) is 4.79 Å². The Morgan fingerprint density at radius 2 is 1.92 bits per heavy atom. The van der Waals surface area contributed by atoms with Crippen molar-refractivity contribution in [1.82, 2.24) is 14.8 Å². The van der Waals surface area contributed by atoms with Gasteiger partial charge < -0.3 is 9.64 Å². The third-order valence-corrected chi connectivity index (χ3v) is 5.81. The van der Waals surface area contributed by atoms with Crippen LogP contribution in [0.5, 0.6) is 0 Å². The lowest BCUT2D eigenvalue weighted by Gasteiger charge is -2.35. The van der Waals surface area contributed by atoms with Crippen molar-refractivity contribution in [2.45, 2.75) is 39.3 Å². The number of hydrogen-bond donors (Lipinski definition) is 0. The molecule has 2 aliphatic heterocycles. The largest absolute Gasteiger partial charge is 0.379 e. The zero-order chi connectivity index (χ0) is 18.3. The molecule has 0 saturated carbocycles. The smallest absolute Gasteiger partial charge is 0.254 e. The molecule has 0 radical (unpaired) electrons. The van der Waals surface area contributed by atoms with E-state index in [-0.39, 0.29) is 11.9 Å². The number of morpholine rings is 1. The van der Waals surface area contributed by atoms with E-state index in [0.717, 1.165) is 67.0 Å². The van der Waals surface area contributed by atoms with E-state index in [4.69, 9.17) is 4.74 Å². The highest BCUT2D eigenvalue weighted by Crippen LogP contribution is 2.28. The van der Waals surface area contributed by atoms with E-state index in [2.05, 4.69) is 40.8 Å². The highest BCUT2D eigenvalue weighted by molar-refractivity contribution is 6.06. The Labute approximate surface area is 154 Å². The van der Waals surface area contributed by atoms with Gasteiger partial charge in [0.25, 0.3) is 5.91 Å². The maximum absolute atomic E-state index is 13.4. The van der Waals surface area contributed by atoms with Crippen LogP contribution in [-0.4, -0.2) is 65.6 Å². The molecule has 5 heteroatoms. The van der Waals surface area contributed by atoms with Gasteiger partial charge in [-0.1, -0.05) is 11.6 Å².